The van der Waals surface area contributed by atoms with Crippen LogP contribution in [-0.4, -0.2) is 77.6 Å². The first-order chi connectivity index (χ1) is 24.7. The van der Waals surface area contributed by atoms with Gasteiger partial charge < -0.3 is 20.2 Å². The van der Waals surface area contributed by atoms with E-state index in [1.807, 2.05) is 43.0 Å². The largest absolute Gasteiger partial charge is 0.390 e. The first-order valence-electron chi connectivity index (χ1n) is 17.7. The summed E-state index contributed by atoms with van der Waals surface area (Å²) in [4.78, 5) is 51.2. The monoisotopic (exact) mass is 728 g/mol. The van der Waals surface area contributed by atoms with E-state index in [0.717, 1.165) is 52.8 Å². The molecule has 1 unspecified atom stereocenters. The fourth-order valence-electron chi connectivity index (χ4n) is 7.62. The van der Waals surface area contributed by atoms with Crippen LogP contribution in [0.2, 0.25) is 5.02 Å². The number of carbonyl (C=O) groups excluding carboxylic acids is 2. The number of nitrogens with one attached hydrogen (secondary N) is 2. The van der Waals surface area contributed by atoms with Crippen molar-refractivity contribution < 1.29 is 14.7 Å². The Labute approximate surface area is 306 Å². The van der Waals surface area contributed by atoms with Gasteiger partial charge >= 0.3 is 5.69 Å². The van der Waals surface area contributed by atoms with E-state index in [4.69, 9.17) is 21.7 Å². The van der Waals surface area contributed by atoms with Gasteiger partial charge in [-0.2, -0.15) is 10.1 Å². The highest BCUT2D eigenvalue weighted by atomic mass is 35.5. The first-order valence-corrected chi connectivity index (χ1v) is 18.1. The summed E-state index contributed by atoms with van der Waals surface area (Å²) in [6, 6.07) is 12.1. The topological polar surface area (TPSA) is 155 Å². The van der Waals surface area contributed by atoms with Gasteiger partial charge in [-0.15, -0.1) is 0 Å². The second kappa shape index (κ2) is 13.6. The molecule has 274 valence electrons. The molecule has 2 amide bonds. The molecule has 2 aromatic carbocycles. The van der Waals surface area contributed by atoms with Crippen molar-refractivity contribution in [2.75, 3.05) is 35.3 Å². The lowest BCUT2D eigenvalue weighted by molar-refractivity contribution is -0.134. The highest BCUT2D eigenvalue weighted by molar-refractivity contribution is 6.33. The number of piperidine rings is 2. The molecular weight excluding hydrogens is 684 g/mol. The number of amides is 2. The Kier molecular flexibility index (Phi) is 9.24. The summed E-state index contributed by atoms with van der Waals surface area (Å²) in [6.07, 6.45) is 3.69. The number of hydrogen-bond donors (Lipinski definition) is 3. The van der Waals surface area contributed by atoms with E-state index in [0.29, 0.717) is 48.3 Å². The quantitative estimate of drug-likeness (QED) is 0.186. The van der Waals surface area contributed by atoms with Crippen LogP contribution in [0.25, 0.3) is 21.9 Å². The van der Waals surface area contributed by atoms with E-state index in [2.05, 4.69) is 44.5 Å². The van der Waals surface area contributed by atoms with Crippen molar-refractivity contribution in [2.24, 2.45) is 20.0 Å². The summed E-state index contributed by atoms with van der Waals surface area (Å²) < 4.78 is 5.11. The molecule has 3 N–H and O–H groups in total. The van der Waals surface area contributed by atoms with Gasteiger partial charge in [0.05, 0.1) is 40.0 Å². The fraction of sp³-hybridized carbons (Fsp3) is 0.459. The zero-order valence-corrected chi connectivity index (χ0v) is 31.1. The van der Waals surface area contributed by atoms with E-state index in [1.165, 1.54) is 0 Å². The summed E-state index contributed by atoms with van der Waals surface area (Å²) in [5.74, 6) is 0.333. The van der Waals surface area contributed by atoms with Gasteiger partial charge in [-0.1, -0.05) is 18.5 Å². The Morgan fingerprint density at radius 3 is 2.60 bits per heavy atom. The number of nitrogens with zero attached hydrogens (tertiary/aromatic N) is 8. The molecule has 7 rings (SSSR count). The average molecular weight is 729 g/mol. The summed E-state index contributed by atoms with van der Waals surface area (Å²) in [5.41, 5.74) is 3.97. The van der Waals surface area contributed by atoms with Gasteiger partial charge in [0.1, 0.15) is 5.02 Å². The number of hydrogen-bond acceptors (Lipinski definition) is 10. The number of imide groups is 1. The first kappa shape index (κ1) is 35.5. The predicted octanol–water partition coefficient (Wildman–Crippen LogP) is 4.45. The van der Waals surface area contributed by atoms with Crippen LogP contribution in [-0.2, 0) is 30.2 Å². The molecule has 14 nitrogen and oxygen atoms in total. The summed E-state index contributed by atoms with van der Waals surface area (Å²) in [5, 5.41) is 22.1. The highest BCUT2D eigenvalue weighted by Crippen LogP contribution is 2.35. The zero-order chi connectivity index (χ0) is 37.1. The molecule has 0 saturated carbocycles. The van der Waals surface area contributed by atoms with Gasteiger partial charge in [-0.05, 0) is 75.4 Å². The molecule has 0 radical (unpaired) electrons. The molecular formula is C37H45ClN10O4. The number of aryl methyl sites for hydroxylation is 3. The number of aromatic nitrogens is 6. The third kappa shape index (κ3) is 6.72. The zero-order valence-electron chi connectivity index (χ0n) is 30.4. The minimum Gasteiger partial charge on any atom is -0.390 e. The maximum atomic E-state index is 13.0. The molecule has 52 heavy (non-hydrogen) atoms. The molecule has 2 aliphatic heterocycles. The van der Waals surface area contributed by atoms with E-state index in [1.54, 1.807) is 36.2 Å². The van der Waals surface area contributed by atoms with Gasteiger partial charge in [-0.25, -0.2) is 9.78 Å². The average Bonchev–Trinajstić information content (AvgIpc) is 3.55. The van der Waals surface area contributed by atoms with E-state index in [9.17, 15) is 19.5 Å². The minimum absolute atomic E-state index is 0.142. The number of rotatable bonds is 9. The van der Waals surface area contributed by atoms with Crippen LogP contribution < -0.4 is 26.1 Å². The molecule has 0 bridgehead atoms. The molecule has 2 fully saturated rings. The summed E-state index contributed by atoms with van der Waals surface area (Å²) in [6.45, 7) is 7.73. The minimum atomic E-state index is -0.901. The number of carbonyl (C=O) groups is 2. The molecule has 5 heterocycles. The van der Waals surface area contributed by atoms with Crippen molar-refractivity contribution in [1.29, 1.82) is 0 Å². The van der Waals surface area contributed by atoms with Crippen molar-refractivity contribution in [2.45, 2.75) is 70.6 Å². The number of imidazole rings is 1. The van der Waals surface area contributed by atoms with Gasteiger partial charge in [0.2, 0.25) is 17.8 Å². The Bertz CT molecular complexity index is 2250. The molecule has 5 aromatic rings. The Morgan fingerprint density at radius 1 is 1.08 bits per heavy atom. The number of anilines is 4. The van der Waals surface area contributed by atoms with E-state index >= 15 is 0 Å². The maximum absolute atomic E-state index is 13.0. The SMILES string of the molecule is C[C@H]1CN(c2ccc3c(C4CCC(=O)NC4=O)nn(C)c3c2)CC[C@@H]1N(C)c1ncc(Cl)c(Nc2ccc3c(c2)n(CCC(C)(C)O)c(=O)n3C)n1. The predicted molar refractivity (Wildman–Crippen MR) is 202 cm³/mol. The second-order valence-electron chi connectivity index (χ2n) is 14.9. The lowest BCUT2D eigenvalue weighted by Gasteiger charge is -2.42. The number of fused-ring (bicyclic) bond motifs is 2. The molecule has 3 atom stereocenters. The van der Waals surface area contributed by atoms with Gasteiger partial charge in [0.15, 0.2) is 5.82 Å². The lowest BCUT2D eigenvalue weighted by Crippen LogP contribution is -2.49. The number of halogens is 1. The third-order valence-corrected chi connectivity index (χ3v) is 10.8. The molecule has 3 aromatic heterocycles. The van der Waals surface area contributed by atoms with E-state index < -0.39 is 11.5 Å². The molecule has 2 aliphatic rings. The normalized spacial score (nSPS) is 19.8. The van der Waals surface area contributed by atoms with Crippen LogP contribution in [0.4, 0.5) is 23.1 Å². The Morgan fingerprint density at radius 2 is 1.87 bits per heavy atom. The van der Waals surface area contributed by atoms with Crippen LogP contribution in [0.15, 0.2) is 47.4 Å². The lowest BCUT2D eigenvalue weighted by atomic mass is 9.91. The Balaban J connectivity index is 1.06. The number of benzene rings is 2. The third-order valence-electron chi connectivity index (χ3n) is 10.6. The summed E-state index contributed by atoms with van der Waals surface area (Å²) >= 11 is 6.60. The van der Waals surface area contributed by atoms with Crippen molar-refractivity contribution in [3.63, 3.8) is 0 Å². The van der Waals surface area contributed by atoms with Crippen molar-refractivity contribution in [1.82, 2.24) is 34.2 Å². The Hall–Kier alpha value is -4.95. The summed E-state index contributed by atoms with van der Waals surface area (Å²) in [7, 11) is 5.64. The van der Waals surface area contributed by atoms with Gasteiger partial charge in [-0.3, -0.25) is 28.7 Å². The van der Waals surface area contributed by atoms with Crippen LogP contribution in [0.1, 0.15) is 58.1 Å². The van der Waals surface area contributed by atoms with Crippen LogP contribution in [0.3, 0.4) is 0 Å². The maximum Gasteiger partial charge on any atom is 0.328 e. The van der Waals surface area contributed by atoms with Crippen LogP contribution in [0, 0.1) is 5.92 Å². The number of aliphatic hydroxyl groups is 1. The van der Waals surface area contributed by atoms with Crippen molar-refractivity contribution >= 4 is 68.5 Å². The molecule has 15 heteroatoms. The van der Waals surface area contributed by atoms with Crippen molar-refractivity contribution in [3.05, 3.63) is 63.8 Å². The standard InChI is InChI=1S/C37H45ClN10O4/c1-21-20-47(23-8-9-24-29(18-23)46(6)43-32(24)25-10-12-31(49)41-34(25)50)15-13-27(21)44(4)35-39-19-26(38)33(42-35)40-22-7-11-28-30(17-22)48(36(51)45(28)5)16-14-37(2,3)52/h7-9,11,17-19,21,25,27,52H,10,12-16,20H2,1-6H3,(H,39,40,42)(H,41,49,50)/t21-,25?,27-/m0/s1. The van der Waals surface area contributed by atoms with Crippen LogP contribution in [0.5, 0.6) is 0 Å². The van der Waals surface area contributed by atoms with Crippen molar-refractivity contribution in [3.8, 4) is 0 Å². The fourth-order valence-corrected chi connectivity index (χ4v) is 7.75. The van der Waals surface area contributed by atoms with Crippen LogP contribution >= 0.6 is 11.6 Å². The molecule has 0 aliphatic carbocycles. The second-order valence-corrected chi connectivity index (χ2v) is 15.3. The van der Waals surface area contributed by atoms with Gasteiger partial charge in [0.25, 0.3) is 0 Å². The smallest absolute Gasteiger partial charge is 0.328 e. The molecule has 0 spiro atoms. The molecule has 2 saturated heterocycles. The van der Waals surface area contributed by atoms with Gasteiger partial charge in [0, 0.05) is 70.0 Å². The van der Waals surface area contributed by atoms with E-state index in [-0.39, 0.29) is 29.5 Å². The highest BCUT2D eigenvalue weighted by Gasteiger charge is 2.33.